The van der Waals surface area contributed by atoms with Crippen LogP contribution in [0.2, 0.25) is 0 Å². The number of hydrogen-bond donors (Lipinski definition) is 2. The Morgan fingerprint density at radius 1 is 1.12 bits per heavy atom. The molecule has 2 rings (SSSR count). The molecule has 0 aliphatic rings. The van der Waals surface area contributed by atoms with Gasteiger partial charge in [-0.3, -0.25) is 9.59 Å². The van der Waals surface area contributed by atoms with E-state index >= 15 is 0 Å². The van der Waals surface area contributed by atoms with Crippen molar-refractivity contribution < 1.29 is 19.1 Å². The van der Waals surface area contributed by atoms with Crippen molar-refractivity contribution in [1.82, 2.24) is 10.6 Å². The van der Waals surface area contributed by atoms with Crippen molar-refractivity contribution in [3.05, 3.63) is 81.4 Å². The third kappa shape index (κ3) is 8.59. The van der Waals surface area contributed by atoms with Crippen LogP contribution in [0.1, 0.15) is 34.3 Å². The number of alkyl halides is 1. The van der Waals surface area contributed by atoms with E-state index < -0.39 is 11.8 Å². The Balaban J connectivity index is 2.16. The third-order valence-corrected chi connectivity index (χ3v) is 4.96. The van der Waals surface area contributed by atoms with Gasteiger partial charge in [-0.1, -0.05) is 41.5 Å². The van der Waals surface area contributed by atoms with E-state index in [-0.39, 0.29) is 12.0 Å². The number of nitrogens with zero attached hydrogens (tertiary/aromatic N) is 3. The lowest BCUT2D eigenvalue weighted by Gasteiger charge is -2.14. The molecule has 0 atom stereocenters. The second kappa shape index (κ2) is 13.9. The topological polar surface area (TPSA) is 125 Å². The van der Waals surface area contributed by atoms with E-state index in [9.17, 15) is 9.59 Å². The fourth-order valence-electron chi connectivity index (χ4n) is 2.85. The average molecular weight is 472 g/mol. The Morgan fingerprint density at radius 3 is 2.36 bits per heavy atom. The van der Waals surface area contributed by atoms with Crippen molar-refractivity contribution in [2.45, 2.75) is 25.0 Å². The molecule has 2 N–H and O–H groups in total. The number of hydrogen-bond acceptors (Lipinski definition) is 5. The van der Waals surface area contributed by atoms with E-state index in [2.05, 4.69) is 20.7 Å². The largest absolute Gasteiger partial charge is 0.356 e. The van der Waals surface area contributed by atoms with Gasteiger partial charge >= 0.3 is 0 Å². The van der Waals surface area contributed by atoms with Crippen LogP contribution in [0.25, 0.3) is 16.5 Å². The summed E-state index contributed by atoms with van der Waals surface area (Å²) < 4.78 is 10.3. The van der Waals surface area contributed by atoms with Crippen molar-refractivity contribution in [3.8, 4) is 0 Å². The summed E-state index contributed by atoms with van der Waals surface area (Å²) in [5.41, 5.74) is 11.0. The minimum atomic E-state index is -0.439. The van der Waals surface area contributed by atoms with Gasteiger partial charge in [0.25, 0.3) is 11.8 Å². The normalized spacial score (nSPS) is 11.1. The summed E-state index contributed by atoms with van der Waals surface area (Å²) in [7, 11) is 3.10. The molecule has 2 aromatic rings. The van der Waals surface area contributed by atoms with Crippen LogP contribution in [-0.4, -0.2) is 38.9 Å². The maximum Gasteiger partial charge on any atom is 0.267 e. The lowest BCUT2D eigenvalue weighted by molar-refractivity contribution is -0.118. The van der Waals surface area contributed by atoms with Crippen molar-refractivity contribution in [1.29, 1.82) is 0 Å². The maximum atomic E-state index is 12.8. The van der Waals surface area contributed by atoms with E-state index in [1.54, 1.807) is 68.8 Å². The molecule has 0 bridgehead atoms. The van der Waals surface area contributed by atoms with Crippen LogP contribution >= 0.6 is 11.6 Å². The molecule has 174 valence electrons. The molecule has 0 aliphatic heterocycles. The lowest BCUT2D eigenvalue weighted by Crippen LogP contribution is -2.35. The number of rotatable bonds is 12. The Hall–Kier alpha value is -3.36. The van der Waals surface area contributed by atoms with E-state index in [1.165, 1.54) is 0 Å². The SMILES string of the molecule is COC(CCCNC(=O)C(=Cc1ccc(N=[N+]=[N-])cc1)NC(=O)c1ccc(CCl)cc1)OC. The van der Waals surface area contributed by atoms with E-state index in [1.807, 2.05) is 0 Å². The monoisotopic (exact) mass is 471 g/mol. The highest BCUT2D eigenvalue weighted by atomic mass is 35.5. The average Bonchev–Trinajstić information content (AvgIpc) is 2.85. The van der Waals surface area contributed by atoms with Gasteiger partial charge in [0.2, 0.25) is 0 Å². The van der Waals surface area contributed by atoms with Crippen molar-refractivity contribution in [2.24, 2.45) is 5.11 Å². The highest BCUT2D eigenvalue weighted by Gasteiger charge is 2.15. The second-order valence-electron chi connectivity index (χ2n) is 6.92. The molecule has 0 unspecified atom stereocenters. The van der Waals surface area contributed by atoms with E-state index in [0.717, 1.165) is 5.56 Å². The Kier molecular flexibility index (Phi) is 10.9. The molecule has 0 aliphatic carbocycles. The van der Waals surface area contributed by atoms with Gasteiger partial charge in [-0.05, 0) is 41.3 Å². The first-order valence-electron chi connectivity index (χ1n) is 10.2. The quantitative estimate of drug-likeness (QED) is 0.0888. The van der Waals surface area contributed by atoms with Crippen LogP contribution in [0.3, 0.4) is 0 Å². The van der Waals surface area contributed by atoms with Crippen LogP contribution < -0.4 is 10.6 Å². The minimum absolute atomic E-state index is 0.0768. The zero-order valence-corrected chi connectivity index (χ0v) is 19.2. The Labute approximate surface area is 197 Å². The number of ether oxygens (including phenoxy) is 2. The Morgan fingerprint density at radius 2 is 1.79 bits per heavy atom. The molecule has 33 heavy (non-hydrogen) atoms. The lowest BCUT2D eigenvalue weighted by atomic mass is 10.1. The van der Waals surface area contributed by atoms with Crippen LogP contribution in [0.15, 0.2) is 59.3 Å². The summed E-state index contributed by atoms with van der Waals surface area (Å²) in [6, 6.07) is 13.4. The standard InChI is InChI=1S/C23H26ClN5O4/c1-32-21(33-2)4-3-13-26-23(31)20(14-16-7-11-19(12-8-16)28-29-25)27-22(30)18-9-5-17(15-24)6-10-18/h5-12,14,21H,3-4,13,15H2,1-2H3,(H,26,31)(H,27,30). The van der Waals surface area contributed by atoms with Crippen molar-refractivity contribution >= 4 is 35.2 Å². The molecule has 9 nitrogen and oxygen atoms in total. The first kappa shape index (κ1) is 25.9. The van der Waals surface area contributed by atoms with Crippen LogP contribution in [0, 0.1) is 0 Å². The molecular formula is C23H26ClN5O4. The molecule has 0 saturated heterocycles. The van der Waals surface area contributed by atoms with Gasteiger partial charge in [0, 0.05) is 49.2 Å². The summed E-state index contributed by atoms with van der Waals surface area (Å²) in [4.78, 5) is 28.3. The molecule has 2 amide bonds. The van der Waals surface area contributed by atoms with Gasteiger partial charge < -0.3 is 20.1 Å². The van der Waals surface area contributed by atoms with Crippen molar-refractivity contribution in [3.63, 3.8) is 0 Å². The number of carbonyl (C=O) groups excluding carboxylic acids is 2. The number of benzene rings is 2. The summed E-state index contributed by atoms with van der Waals surface area (Å²) in [6.45, 7) is 0.371. The number of methoxy groups -OCH3 is 2. The molecule has 0 fully saturated rings. The van der Waals surface area contributed by atoms with Crippen LogP contribution in [-0.2, 0) is 20.1 Å². The van der Waals surface area contributed by atoms with Gasteiger partial charge in [0.1, 0.15) is 5.70 Å². The highest BCUT2D eigenvalue weighted by Crippen LogP contribution is 2.15. The van der Waals surface area contributed by atoms with Crippen LogP contribution in [0.4, 0.5) is 5.69 Å². The summed E-state index contributed by atoms with van der Waals surface area (Å²) in [6.07, 6.45) is 2.43. The number of amides is 2. The fraction of sp³-hybridized carbons (Fsp3) is 0.304. The number of carbonyl (C=O) groups is 2. The number of azide groups is 1. The Bertz CT molecular complexity index is 999. The zero-order chi connectivity index (χ0) is 24.1. The molecule has 0 heterocycles. The zero-order valence-electron chi connectivity index (χ0n) is 18.5. The first-order valence-corrected chi connectivity index (χ1v) is 10.7. The number of halogens is 1. The molecule has 0 aromatic heterocycles. The predicted octanol–water partition coefficient (Wildman–Crippen LogP) is 4.65. The smallest absolute Gasteiger partial charge is 0.267 e. The maximum absolute atomic E-state index is 12.8. The summed E-state index contributed by atoms with van der Waals surface area (Å²) in [5.74, 6) is -0.526. The third-order valence-electron chi connectivity index (χ3n) is 4.66. The molecule has 2 aromatic carbocycles. The molecule has 0 spiro atoms. The number of nitrogens with one attached hydrogen (secondary N) is 2. The van der Waals surface area contributed by atoms with Gasteiger partial charge in [-0.15, -0.1) is 11.6 Å². The molecule has 0 radical (unpaired) electrons. The predicted molar refractivity (Wildman–Crippen MR) is 127 cm³/mol. The van der Waals surface area contributed by atoms with Gasteiger partial charge in [-0.2, -0.15) is 0 Å². The summed E-state index contributed by atoms with van der Waals surface area (Å²) >= 11 is 5.80. The van der Waals surface area contributed by atoms with Gasteiger partial charge in [0.15, 0.2) is 6.29 Å². The first-order chi connectivity index (χ1) is 16.0. The molecule has 10 heteroatoms. The fourth-order valence-corrected chi connectivity index (χ4v) is 3.03. The highest BCUT2D eigenvalue weighted by molar-refractivity contribution is 6.17. The van der Waals surface area contributed by atoms with E-state index in [4.69, 9.17) is 26.6 Å². The van der Waals surface area contributed by atoms with Gasteiger partial charge in [-0.25, -0.2) is 0 Å². The minimum Gasteiger partial charge on any atom is -0.356 e. The second-order valence-corrected chi connectivity index (χ2v) is 7.19. The van der Waals surface area contributed by atoms with E-state index in [0.29, 0.717) is 42.1 Å². The summed E-state index contributed by atoms with van der Waals surface area (Å²) in [5, 5.41) is 9.00. The van der Waals surface area contributed by atoms with Gasteiger partial charge in [0.05, 0.1) is 0 Å². The molecular weight excluding hydrogens is 446 g/mol. The van der Waals surface area contributed by atoms with Crippen molar-refractivity contribution in [2.75, 3.05) is 20.8 Å². The van der Waals surface area contributed by atoms with Crippen LogP contribution in [0.5, 0.6) is 0 Å². The molecule has 0 saturated carbocycles.